The number of carboxylic acids is 1. The number of carboxylic acid groups (broad SMARTS) is 1. The van der Waals surface area contributed by atoms with Crippen LogP contribution in [0.5, 0.6) is 0 Å². The van der Waals surface area contributed by atoms with Gasteiger partial charge in [0.25, 0.3) is 5.91 Å². The van der Waals surface area contributed by atoms with Gasteiger partial charge in [-0.25, -0.2) is 9.97 Å². The summed E-state index contributed by atoms with van der Waals surface area (Å²) in [5, 5.41) is 15.3. The molecule has 3 rings (SSSR count). The van der Waals surface area contributed by atoms with Crippen LogP contribution in [0.25, 0.3) is 0 Å². The van der Waals surface area contributed by atoms with Crippen molar-refractivity contribution < 1.29 is 14.7 Å². The number of nitrogens with zero attached hydrogens (tertiary/aromatic N) is 3. The first kappa shape index (κ1) is 23.5. The van der Waals surface area contributed by atoms with Crippen molar-refractivity contribution in [2.45, 2.75) is 51.7 Å². The van der Waals surface area contributed by atoms with Crippen LogP contribution in [0.15, 0.2) is 42.7 Å². The Kier molecular flexibility index (Phi) is 6.98. The quantitative estimate of drug-likeness (QED) is 0.483. The van der Waals surface area contributed by atoms with Crippen molar-refractivity contribution in [1.82, 2.24) is 15.3 Å². The molecular weight excluding hydrogens is 408 g/mol. The minimum absolute atomic E-state index is 0.322. The highest BCUT2D eigenvalue weighted by Crippen LogP contribution is 2.29. The van der Waals surface area contributed by atoms with Gasteiger partial charge in [0.1, 0.15) is 5.66 Å². The molecular formula is C23H32N6O3. The van der Waals surface area contributed by atoms with Gasteiger partial charge < -0.3 is 26.4 Å². The van der Waals surface area contributed by atoms with Gasteiger partial charge in [0.15, 0.2) is 0 Å². The molecule has 9 nitrogen and oxygen atoms in total. The summed E-state index contributed by atoms with van der Waals surface area (Å²) in [7, 11) is 0. The molecule has 1 fully saturated rings. The number of hydrogen-bond acceptors (Lipinski definition) is 7. The van der Waals surface area contributed by atoms with Crippen molar-refractivity contribution >= 4 is 23.5 Å². The Morgan fingerprint density at radius 1 is 1.12 bits per heavy atom. The molecule has 0 radical (unpaired) electrons. The normalized spacial score (nSPS) is 16.8. The lowest BCUT2D eigenvalue weighted by Gasteiger charge is -2.41. The Morgan fingerprint density at radius 2 is 1.72 bits per heavy atom. The number of benzene rings is 1. The molecule has 32 heavy (non-hydrogen) atoms. The zero-order chi connectivity index (χ0) is 23.4. The predicted molar refractivity (Wildman–Crippen MR) is 123 cm³/mol. The maximum atomic E-state index is 12.8. The highest BCUT2D eigenvalue weighted by atomic mass is 16.4. The lowest BCUT2D eigenvalue weighted by molar-refractivity contribution is -0.139. The van der Waals surface area contributed by atoms with E-state index >= 15 is 0 Å². The SMILES string of the molecule is CC(C)(C)C(N)(CC(=O)O)NC(=O)c1ccc(N2CCC(Nc3ncccn3)CC2)cc1. The maximum absolute atomic E-state index is 12.8. The van der Waals surface area contributed by atoms with E-state index in [1.165, 1.54) is 0 Å². The second-order valence-corrected chi connectivity index (χ2v) is 9.27. The summed E-state index contributed by atoms with van der Waals surface area (Å²) in [5.74, 6) is -0.800. The number of hydrogen-bond donors (Lipinski definition) is 4. The first-order valence-electron chi connectivity index (χ1n) is 10.8. The van der Waals surface area contributed by atoms with Crippen LogP contribution in [0.2, 0.25) is 0 Å². The van der Waals surface area contributed by atoms with E-state index in [1.807, 2.05) is 32.9 Å². The predicted octanol–water partition coefficient (Wildman–Crippen LogP) is 2.46. The van der Waals surface area contributed by atoms with Gasteiger partial charge in [0, 0.05) is 42.8 Å². The highest BCUT2D eigenvalue weighted by molar-refractivity contribution is 5.95. The molecule has 1 aromatic carbocycles. The van der Waals surface area contributed by atoms with E-state index in [0.29, 0.717) is 17.6 Å². The third kappa shape index (κ3) is 5.73. The van der Waals surface area contributed by atoms with Crippen molar-refractivity contribution in [3.8, 4) is 0 Å². The summed E-state index contributed by atoms with van der Waals surface area (Å²) in [5.41, 5.74) is 5.77. The first-order chi connectivity index (χ1) is 15.1. The van der Waals surface area contributed by atoms with E-state index in [9.17, 15) is 14.7 Å². The summed E-state index contributed by atoms with van der Waals surface area (Å²) in [6.45, 7) is 7.18. The van der Waals surface area contributed by atoms with Gasteiger partial charge in [0.05, 0.1) is 6.42 Å². The Labute approximate surface area is 188 Å². The van der Waals surface area contributed by atoms with Crippen LogP contribution in [0.4, 0.5) is 11.6 Å². The second-order valence-electron chi connectivity index (χ2n) is 9.27. The Bertz CT molecular complexity index is 921. The maximum Gasteiger partial charge on any atom is 0.307 e. The van der Waals surface area contributed by atoms with Gasteiger partial charge in [-0.2, -0.15) is 0 Å². The van der Waals surface area contributed by atoms with Gasteiger partial charge in [0.2, 0.25) is 5.95 Å². The molecule has 1 aliphatic rings. The number of aromatic nitrogens is 2. The molecule has 2 heterocycles. The van der Waals surface area contributed by atoms with Crippen molar-refractivity contribution in [3.63, 3.8) is 0 Å². The fourth-order valence-corrected chi connectivity index (χ4v) is 3.67. The smallest absolute Gasteiger partial charge is 0.307 e. The zero-order valence-corrected chi connectivity index (χ0v) is 18.8. The number of carbonyl (C=O) groups is 2. The van der Waals surface area contributed by atoms with Crippen LogP contribution in [0, 0.1) is 5.41 Å². The third-order valence-corrected chi connectivity index (χ3v) is 5.99. The fourth-order valence-electron chi connectivity index (χ4n) is 3.67. The van der Waals surface area contributed by atoms with E-state index in [0.717, 1.165) is 31.6 Å². The molecule has 0 spiro atoms. The number of amides is 1. The van der Waals surface area contributed by atoms with Crippen molar-refractivity contribution in [2.75, 3.05) is 23.3 Å². The number of rotatable bonds is 7. The van der Waals surface area contributed by atoms with Crippen molar-refractivity contribution in [1.29, 1.82) is 0 Å². The van der Waals surface area contributed by atoms with Gasteiger partial charge in [-0.15, -0.1) is 0 Å². The topological polar surface area (TPSA) is 133 Å². The Balaban J connectivity index is 1.59. The first-order valence-corrected chi connectivity index (χ1v) is 10.8. The molecule has 1 unspecified atom stereocenters. The van der Waals surface area contributed by atoms with Crippen LogP contribution in [0.1, 0.15) is 50.4 Å². The molecule has 1 aliphatic heterocycles. The minimum atomic E-state index is -1.37. The van der Waals surface area contributed by atoms with E-state index in [-0.39, 0.29) is 12.3 Å². The summed E-state index contributed by atoms with van der Waals surface area (Å²) in [4.78, 5) is 34.8. The standard InChI is InChI=1S/C23H32N6O3/c1-22(2,3)23(24,15-19(30)31)28-20(32)16-5-7-18(8-6-16)29-13-9-17(10-14-29)27-21-25-11-4-12-26-21/h4-8,11-12,17H,9-10,13-15,24H2,1-3H3,(H,28,32)(H,30,31)(H,25,26,27). The van der Waals surface area contributed by atoms with E-state index in [2.05, 4.69) is 25.5 Å². The minimum Gasteiger partial charge on any atom is -0.481 e. The lowest BCUT2D eigenvalue weighted by Crippen LogP contribution is -2.64. The average Bonchev–Trinajstić information content (AvgIpc) is 2.74. The lowest BCUT2D eigenvalue weighted by atomic mass is 9.78. The summed E-state index contributed by atoms with van der Waals surface area (Å²) >= 11 is 0. The third-order valence-electron chi connectivity index (χ3n) is 5.99. The van der Waals surface area contributed by atoms with Crippen molar-refractivity contribution in [3.05, 3.63) is 48.3 Å². The molecule has 172 valence electrons. The number of nitrogens with one attached hydrogen (secondary N) is 2. The van der Waals surface area contributed by atoms with E-state index in [4.69, 9.17) is 5.73 Å². The van der Waals surface area contributed by atoms with Gasteiger partial charge in [-0.3, -0.25) is 9.59 Å². The number of carbonyl (C=O) groups excluding carboxylic acids is 1. The van der Waals surface area contributed by atoms with Gasteiger partial charge in [-0.1, -0.05) is 20.8 Å². The average molecular weight is 441 g/mol. The number of piperidine rings is 1. The number of anilines is 2. The Morgan fingerprint density at radius 3 is 2.25 bits per heavy atom. The molecule has 2 aromatic rings. The molecule has 0 aliphatic carbocycles. The number of nitrogens with two attached hydrogens (primary N) is 1. The monoisotopic (exact) mass is 440 g/mol. The fraction of sp³-hybridized carbons (Fsp3) is 0.478. The molecule has 0 saturated carbocycles. The van der Waals surface area contributed by atoms with E-state index in [1.54, 1.807) is 30.6 Å². The van der Waals surface area contributed by atoms with Crippen molar-refractivity contribution in [2.24, 2.45) is 11.1 Å². The van der Waals surface area contributed by atoms with Crippen LogP contribution < -0.4 is 21.3 Å². The summed E-state index contributed by atoms with van der Waals surface area (Å²) in [6.07, 6.45) is 4.99. The molecule has 1 atom stereocenters. The highest BCUT2D eigenvalue weighted by Gasteiger charge is 2.41. The molecule has 1 aromatic heterocycles. The zero-order valence-electron chi connectivity index (χ0n) is 18.8. The molecule has 1 amide bonds. The van der Waals surface area contributed by atoms with Gasteiger partial charge in [-0.05, 0) is 48.6 Å². The van der Waals surface area contributed by atoms with E-state index < -0.39 is 17.0 Å². The van der Waals surface area contributed by atoms with Crippen LogP contribution in [0.3, 0.4) is 0 Å². The molecule has 1 saturated heterocycles. The second kappa shape index (κ2) is 9.52. The van der Waals surface area contributed by atoms with Crippen LogP contribution >= 0.6 is 0 Å². The summed E-state index contributed by atoms with van der Waals surface area (Å²) in [6, 6.07) is 9.43. The van der Waals surface area contributed by atoms with Gasteiger partial charge >= 0.3 is 5.97 Å². The largest absolute Gasteiger partial charge is 0.481 e. The summed E-state index contributed by atoms with van der Waals surface area (Å²) < 4.78 is 0. The Hall–Kier alpha value is -3.20. The molecule has 0 bridgehead atoms. The van der Waals surface area contributed by atoms with Crippen LogP contribution in [-0.4, -0.2) is 51.7 Å². The molecule has 5 N–H and O–H groups in total. The number of aliphatic carboxylic acids is 1. The van der Waals surface area contributed by atoms with Crippen LogP contribution in [-0.2, 0) is 4.79 Å². The molecule has 9 heteroatoms.